The molecule has 0 heterocycles. The second-order valence-corrected chi connectivity index (χ2v) is 2.76. The molecule has 1 aromatic rings. The number of hydroxylamine groups is 1. The molecule has 0 aliphatic heterocycles. The van der Waals surface area contributed by atoms with Gasteiger partial charge in [-0.15, -0.1) is 0 Å². The molecule has 1 rings (SSSR count). The SMILES string of the molecule is N[C@@H](CC(=O)NO)c1ccccc1. The molecule has 0 saturated heterocycles. The predicted octanol–water partition coefficient (Wildman–Crippen LogP) is 0.582. The number of amides is 1. The first-order chi connectivity index (χ1) is 6.24. The molecule has 4 heteroatoms. The van der Waals surface area contributed by atoms with Gasteiger partial charge in [0.15, 0.2) is 0 Å². The van der Waals surface area contributed by atoms with Crippen LogP contribution < -0.4 is 11.2 Å². The van der Waals surface area contributed by atoms with Crippen LogP contribution in [0.1, 0.15) is 18.0 Å². The molecule has 0 aromatic heterocycles. The van der Waals surface area contributed by atoms with Crippen molar-refractivity contribution in [3.63, 3.8) is 0 Å². The molecule has 1 atom stereocenters. The van der Waals surface area contributed by atoms with Crippen molar-refractivity contribution in [2.24, 2.45) is 5.73 Å². The van der Waals surface area contributed by atoms with Crippen LogP contribution in [0.5, 0.6) is 0 Å². The topological polar surface area (TPSA) is 75.4 Å². The first-order valence-corrected chi connectivity index (χ1v) is 3.97. The lowest BCUT2D eigenvalue weighted by Gasteiger charge is -2.09. The zero-order valence-corrected chi connectivity index (χ0v) is 7.10. The summed E-state index contributed by atoms with van der Waals surface area (Å²) >= 11 is 0. The van der Waals surface area contributed by atoms with Gasteiger partial charge in [0.2, 0.25) is 5.91 Å². The molecule has 0 radical (unpaired) electrons. The highest BCUT2D eigenvalue weighted by Gasteiger charge is 2.09. The first-order valence-electron chi connectivity index (χ1n) is 3.97. The van der Waals surface area contributed by atoms with Gasteiger partial charge < -0.3 is 5.73 Å². The Bertz CT molecular complexity index is 274. The van der Waals surface area contributed by atoms with E-state index in [9.17, 15) is 4.79 Å². The van der Waals surface area contributed by atoms with E-state index < -0.39 is 5.91 Å². The van der Waals surface area contributed by atoms with Crippen LogP contribution in [-0.2, 0) is 4.79 Å². The lowest BCUT2D eigenvalue weighted by Crippen LogP contribution is -2.24. The molecule has 0 aliphatic rings. The molecule has 4 nitrogen and oxygen atoms in total. The van der Waals surface area contributed by atoms with E-state index in [4.69, 9.17) is 10.9 Å². The third kappa shape index (κ3) is 2.85. The number of nitrogens with two attached hydrogens (primary N) is 1. The Kier molecular flexibility index (Phi) is 3.42. The van der Waals surface area contributed by atoms with Crippen molar-refractivity contribution in [3.8, 4) is 0 Å². The van der Waals surface area contributed by atoms with E-state index >= 15 is 0 Å². The smallest absolute Gasteiger partial charge is 0.245 e. The summed E-state index contributed by atoms with van der Waals surface area (Å²) in [6.45, 7) is 0. The molecule has 13 heavy (non-hydrogen) atoms. The molecule has 0 fully saturated rings. The van der Waals surface area contributed by atoms with Gasteiger partial charge in [0.05, 0.1) is 0 Å². The minimum Gasteiger partial charge on any atom is -0.324 e. The molecule has 4 N–H and O–H groups in total. The van der Waals surface area contributed by atoms with Crippen molar-refractivity contribution in [2.75, 3.05) is 0 Å². The van der Waals surface area contributed by atoms with Crippen LogP contribution in [0.4, 0.5) is 0 Å². The molecular weight excluding hydrogens is 168 g/mol. The number of nitrogens with one attached hydrogen (secondary N) is 1. The minimum atomic E-state index is -0.476. The molecule has 1 aromatic carbocycles. The Labute approximate surface area is 76.3 Å². The molecule has 0 saturated carbocycles. The zero-order valence-electron chi connectivity index (χ0n) is 7.10. The molecule has 0 unspecified atom stereocenters. The van der Waals surface area contributed by atoms with E-state index in [1.54, 1.807) is 5.48 Å². The third-order valence-corrected chi connectivity index (χ3v) is 1.76. The molecule has 0 bridgehead atoms. The fraction of sp³-hybridized carbons (Fsp3) is 0.222. The fourth-order valence-electron chi connectivity index (χ4n) is 1.06. The van der Waals surface area contributed by atoms with Crippen molar-refractivity contribution in [1.82, 2.24) is 5.48 Å². The number of hydrogen-bond donors (Lipinski definition) is 3. The summed E-state index contributed by atoms with van der Waals surface area (Å²) in [6, 6.07) is 8.90. The summed E-state index contributed by atoms with van der Waals surface area (Å²) in [6.07, 6.45) is 0.0838. The van der Waals surface area contributed by atoms with Crippen LogP contribution in [0.25, 0.3) is 0 Å². The summed E-state index contributed by atoms with van der Waals surface area (Å²) in [5.41, 5.74) is 8.13. The lowest BCUT2D eigenvalue weighted by atomic mass is 10.1. The van der Waals surface area contributed by atoms with Gasteiger partial charge in [0, 0.05) is 12.5 Å². The van der Waals surface area contributed by atoms with Crippen LogP contribution in [0.2, 0.25) is 0 Å². The third-order valence-electron chi connectivity index (χ3n) is 1.76. The van der Waals surface area contributed by atoms with Gasteiger partial charge in [-0.3, -0.25) is 10.0 Å². The van der Waals surface area contributed by atoms with Gasteiger partial charge in [0.25, 0.3) is 0 Å². The number of carbonyl (C=O) groups is 1. The van der Waals surface area contributed by atoms with Crippen molar-refractivity contribution in [1.29, 1.82) is 0 Å². The highest BCUT2D eigenvalue weighted by Crippen LogP contribution is 2.12. The number of hydrogen-bond acceptors (Lipinski definition) is 3. The Morgan fingerprint density at radius 2 is 2.08 bits per heavy atom. The van der Waals surface area contributed by atoms with Gasteiger partial charge >= 0.3 is 0 Å². The van der Waals surface area contributed by atoms with Crippen LogP contribution in [0.3, 0.4) is 0 Å². The Balaban J connectivity index is 2.59. The van der Waals surface area contributed by atoms with E-state index in [0.29, 0.717) is 0 Å². The Morgan fingerprint density at radius 1 is 1.46 bits per heavy atom. The van der Waals surface area contributed by atoms with Crippen LogP contribution >= 0.6 is 0 Å². The Hall–Kier alpha value is -1.39. The lowest BCUT2D eigenvalue weighted by molar-refractivity contribution is -0.129. The monoisotopic (exact) mass is 180 g/mol. The zero-order chi connectivity index (χ0) is 9.68. The summed E-state index contributed by atoms with van der Waals surface area (Å²) < 4.78 is 0. The van der Waals surface area contributed by atoms with Crippen LogP contribution in [-0.4, -0.2) is 11.1 Å². The molecular formula is C9H12N2O2. The van der Waals surface area contributed by atoms with E-state index in [1.807, 2.05) is 30.3 Å². The number of rotatable bonds is 3. The summed E-state index contributed by atoms with van der Waals surface area (Å²) in [5, 5.41) is 8.28. The summed E-state index contributed by atoms with van der Waals surface area (Å²) in [7, 11) is 0. The average Bonchev–Trinajstić information content (AvgIpc) is 2.19. The largest absolute Gasteiger partial charge is 0.324 e. The highest BCUT2D eigenvalue weighted by molar-refractivity contribution is 5.75. The van der Waals surface area contributed by atoms with Gasteiger partial charge in [0.1, 0.15) is 0 Å². The van der Waals surface area contributed by atoms with Gasteiger partial charge in [-0.1, -0.05) is 30.3 Å². The quantitative estimate of drug-likeness (QED) is 0.470. The molecule has 1 amide bonds. The Morgan fingerprint density at radius 3 is 2.62 bits per heavy atom. The second kappa shape index (κ2) is 4.59. The van der Waals surface area contributed by atoms with Gasteiger partial charge in [-0.2, -0.15) is 0 Å². The van der Waals surface area contributed by atoms with E-state index in [2.05, 4.69) is 0 Å². The normalized spacial score (nSPS) is 12.2. The van der Waals surface area contributed by atoms with Crippen molar-refractivity contribution in [3.05, 3.63) is 35.9 Å². The van der Waals surface area contributed by atoms with Crippen LogP contribution in [0, 0.1) is 0 Å². The van der Waals surface area contributed by atoms with E-state index in [-0.39, 0.29) is 12.5 Å². The maximum Gasteiger partial charge on any atom is 0.245 e. The first kappa shape index (κ1) is 9.70. The van der Waals surface area contributed by atoms with Crippen LogP contribution in [0.15, 0.2) is 30.3 Å². The number of benzene rings is 1. The standard InChI is InChI=1S/C9H12N2O2/c10-8(6-9(12)11-13)7-4-2-1-3-5-7/h1-5,8,13H,6,10H2,(H,11,12)/t8-/m0/s1. The highest BCUT2D eigenvalue weighted by atomic mass is 16.5. The minimum absolute atomic E-state index is 0.0838. The predicted molar refractivity (Wildman–Crippen MR) is 47.9 cm³/mol. The maximum absolute atomic E-state index is 10.8. The molecule has 0 spiro atoms. The van der Waals surface area contributed by atoms with Crippen molar-refractivity contribution >= 4 is 5.91 Å². The summed E-state index contributed by atoms with van der Waals surface area (Å²) in [4.78, 5) is 10.8. The van der Waals surface area contributed by atoms with Crippen molar-refractivity contribution < 1.29 is 10.0 Å². The summed E-state index contributed by atoms with van der Waals surface area (Å²) in [5.74, 6) is -0.476. The fourth-order valence-corrected chi connectivity index (χ4v) is 1.06. The second-order valence-electron chi connectivity index (χ2n) is 2.76. The average molecular weight is 180 g/mol. The molecule has 0 aliphatic carbocycles. The molecule has 70 valence electrons. The van der Waals surface area contributed by atoms with E-state index in [1.165, 1.54) is 0 Å². The van der Waals surface area contributed by atoms with Crippen molar-refractivity contribution in [2.45, 2.75) is 12.5 Å². The maximum atomic E-state index is 10.8. The van der Waals surface area contributed by atoms with E-state index in [0.717, 1.165) is 5.56 Å². The van der Waals surface area contributed by atoms with Gasteiger partial charge in [-0.05, 0) is 5.56 Å². The van der Waals surface area contributed by atoms with Gasteiger partial charge in [-0.25, -0.2) is 5.48 Å². The number of carbonyl (C=O) groups excluding carboxylic acids is 1.